The van der Waals surface area contributed by atoms with E-state index in [0.717, 1.165) is 12.1 Å². The first kappa shape index (κ1) is 12.7. The van der Waals surface area contributed by atoms with Gasteiger partial charge in [0.1, 0.15) is 0 Å². The lowest BCUT2D eigenvalue weighted by atomic mass is 9.87. The number of nitrogens with zero attached hydrogens (tertiary/aromatic N) is 1. The summed E-state index contributed by atoms with van der Waals surface area (Å²) in [7, 11) is 0. The van der Waals surface area contributed by atoms with E-state index in [9.17, 15) is 10.1 Å². The van der Waals surface area contributed by atoms with Crippen LogP contribution in [0.1, 0.15) is 33.1 Å². The van der Waals surface area contributed by atoms with Crippen molar-refractivity contribution >= 4 is 17.1 Å². The number of anilines is 2. The molecule has 0 heterocycles. The Hall–Kier alpha value is -1.78. The molecule has 18 heavy (non-hydrogen) atoms. The van der Waals surface area contributed by atoms with Gasteiger partial charge in [0.2, 0.25) is 0 Å². The molecule has 2 rings (SSSR count). The number of nitro benzene ring substituents is 1. The van der Waals surface area contributed by atoms with E-state index in [1.807, 2.05) is 0 Å². The molecule has 1 aliphatic carbocycles. The highest BCUT2D eigenvalue weighted by Crippen LogP contribution is 2.40. The summed E-state index contributed by atoms with van der Waals surface area (Å²) in [6.45, 7) is 4.47. The molecule has 0 amide bonds. The first-order valence-electron chi connectivity index (χ1n) is 6.20. The molecule has 1 fully saturated rings. The van der Waals surface area contributed by atoms with E-state index in [2.05, 4.69) is 19.2 Å². The van der Waals surface area contributed by atoms with Crippen molar-refractivity contribution < 1.29 is 4.92 Å². The minimum atomic E-state index is -0.431. The highest BCUT2D eigenvalue weighted by atomic mass is 16.6. The van der Waals surface area contributed by atoms with Crippen molar-refractivity contribution in [3.05, 3.63) is 28.3 Å². The molecule has 0 aliphatic heterocycles. The first-order valence-corrected chi connectivity index (χ1v) is 6.20. The van der Waals surface area contributed by atoms with E-state index >= 15 is 0 Å². The molecule has 1 atom stereocenters. The number of nitrogen functional groups attached to an aromatic ring is 1. The van der Waals surface area contributed by atoms with Gasteiger partial charge in [0.25, 0.3) is 5.69 Å². The molecule has 1 unspecified atom stereocenters. The number of nitrogens with one attached hydrogen (secondary N) is 1. The van der Waals surface area contributed by atoms with Gasteiger partial charge >= 0.3 is 0 Å². The maximum Gasteiger partial charge on any atom is 0.271 e. The van der Waals surface area contributed by atoms with E-state index < -0.39 is 4.92 Å². The molecular formula is C13H19N3O2. The van der Waals surface area contributed by atoms with Crippen LogP contribution in [0.15, 0.2) is 18.2 Å². The second kappa shape index (κ2) is 4.48. The topological polar surface area (TPSA) is 81.2 Å². The Bertz CT molecular complexity index is 471. The van der Waals surface area contributed by atoms with E-state index in [4.69, 9.17) is 5.73 Å². The quantitative estimate of drug-likeness (QED) is 0.489. The number of hydrogen-bond acceptors (Lipinski definition) is 4. The number of rotatable bonds is 3. The van der Waals surface area contributed by atoms with Gasteiger partial charge in [0.05, 0.1) is 16.3 Å². The maximum atomic E-state index is 10.6. The Kier molecular flexibility index (Phi) is 3.15. The highest BCUT2D eigenvalue weighted by Gasteiger charge is 2.34. The lowest BCUT2D eigenvalue weighted by Gasteiger charge is -2.29. The van der Waals surface area contributed by atoms with Crippen molar-refractivity contribution in [3.63, 3.8) is 0 Å². The van der Waals surface area contributed by atoms with Crippen LogP contribution in [0.3, 0.4) is 0 Å². The minimum Gasteiger partial charge on any atom is -0.397 e. The van der Waals surface area contributed by atoms with Crippen molar-refractivity contribution in [3.8, 4) is 0 Å². The predicted octanol–water partition coefficient (Wildman–Crippen LogP) is 3.17. The summed E-state index contributed by atoms with van der Waals surface area (Å²) in [5, 5.41) is 14.1. The molecule has 1 aromatic rings. The standard InChI is InChI=1S/C13H19N3O2/c1-13(2)7-3-4-12(13)15-11-6-5-9(16(17)18)8-10(11)14/h5-6,8,12,15H,3-4,7,14H2,1-2H3. The molecule has 0 radical (unpaired) electrons. The van der Waals surface area contributed by atoms with Crippen LogP contribution in [0, 0.1) is 15.5 Å². The van der Waals surface area contributed by atoms with Crippen molar-refractivity contribution in [2.24, 2.45) is 5.41 Å². The second-order valence-electron chi connectivity index (χ2n) is 5.61. The van der Waals surface area contributed by atoms with Crippen LogP contribution in [-0.4, -0.2) is 11.0 Å². The molecule has 0 spiro atoms. The van der Waals surface area contributed by atoms with E-state index in [-0.39, 0.29) is 11.1 Å². The Balaban J connectivity index is 2.17. The third-order valence-corrected chi connectivity index (χ3v) is 3.83. The second-order valence-corrected chi connectivity index (χ2v) is 5.61. The van der Waals surface area contributed by atoms with Crippen LogP contribution < -0.4 is 11.1 Å². The van der Waals surface area contributed by atoms with Gasteiger partial charge in [-0.25, -0.2) is 0 Å². The van der Waals surface area contributed by atoms with Gasteiger partial charge in [-0.05, 0) is 24.3 Å². The maximum absolute atomic E-state index is 10.6. The van der Waals surface area contributed by atoms with Crippen molar-refractivity contribution in [1.29, 1.82) is 0 Å². The monoisotopic (exact) mass is 249 g/mol. The molecule has 0 aromatic heterocycles. The molecule has 1 aliphatic rings. The number of hydrogen-bond donors (Lipinski definition) is 2. The minimum absolute atomic E-state index is 0.0312. The molecule has 5 nitrogen and oxygen atoms in total. The lowest BCUT2D eigenvalue weighted by molar-refractivity contribution is -0.384. The number of nitrogens with two attached hydrogens (primary N) is 1. The lowest BCUT2D eigenvalue weighted by Crippen LogP contribution is -2.31. The number of nitro groups is 1. The largest absolute Gasteiger partial charge is 0.397 e. The van der Waals surface area contributed by atoms with Crippen LogP contribution in [0.4, 0.5) is 17.1 Å². The van der Waals surface area contributed by atoms with Gasteiger partial charge in [0.15, 0.2) is 0 Å². The average molecular weight is 249 g/mol. The number of benzene rings is 1. The van der Waals surface area contributed by atoms with Crippen molar-refractivity contribution in [2.75, 3.05) is 11.1 Å². The number of non-ortho nitro benzene ring substituents is 1. The molecule has 98 valence electrons. The zero-order valence-electron chi connectivity index (χ0n) is 10.8. The zero-order valence-corrected chi connectivity index (χ0v) is 10.8. The fraction of sp³-hybridized carbons (Fsp3) is 0.538. The van der Waals surface area contributed by atoms with Crippen LogP contribution in [0.5, 0.6) is 0 Å². The highest BCUT2D eigenvalue weighted by molar-refractivity contribution is 5.69. The normalized spacial score (nSPS) is 21.8. The summed E-state index contributed by atoms with van der Waals surface area (Å²) in [5.41, 5.74) is 7.36. The summed E-state index contributed by atoms with van der Waals surface area (Å²) in [6, 6.07) is 4.97. The van der Waals surface area contributed by atoms with Crippen LogP contribution >= 0.6 is 0 Å². The fourth-order valence-corrected chi connectivity index (χ4v) is 2.58. The average Bonchev–Trinajstić information content (AvgIpc) is 2.61. The van der Waals surface area contributed by atoms with E-state index in [1.165, 1.54) is 25.0 Å². The molecule has 0 saturated heterocycles. The van der Waals surface area contributed by atoms with Crippen LogP contribution in [0.25, 0.3) is 0 Å². The van der Waals surface area contributed by atoms with Gasteiger partial charge in [-0.3, -0.25) is 10.1 Å². The van der Waals surface area contributed by atoms with Crippen LogP contribution in [0.2, 0.25) is 0 Å². The van der Waals surface area contributed by atoms with Gasteiger partial charge in [-0.1, -0.05) is 20.3 Å². The van der Waals surface area contributed by atoms with E-state index in [1.54, 1.807) is 6.07 Å². The molecular weight excluding hydrogens is 230 g/mol. The molecule has 1 aromatic carbocycles. The van der Waals surface area contributed by atoms with Gasteiger partial charge in [-0.2, -0.15) is 0 Å². The summed E-state index contributed by atoms with van der Waals surface area (Å²) in [5.74, 6) is 0. The van der Waals surface area contributed by atoms with E-state index in [0.29, 0.717) is 11.7 Å². The summed E-state index contributed by atoms with van der Waals surface area (Å²) in [6.07, 6.45) is 3.51. The third-order valence-electron chi connectivity index (χ3n) is 3.83. The van der Waals surface area contributed by atoms with Crippen molar-refractivity contribution in [2.45, 2.75) is 39.2 Å². The summed E-state index contributed by atoms with van der Waals surface area (Å²) >= 11 is 0. The Morgan fingerprint density at radius 1 is 1.50 bits per heavy atom. The van der Waals surface area contributed by atoms with Crippen molar-refractivity contribution in [1.82, 2.24) is 0 Å². The molecule has 5 heteroatoms. The Morgan fingerprint density at radius 3 is 2.72 bits per heavy atom. The van der Waals surface area contributed by atoms with Gasteiger partial charge in [-0.15, -0.1) is 0 Å². The summed E-state index contributed by atoms with van der Waals surface area (Å²) in [4.78, 5) is 10.2. The first-order chi connectivity index (χ1) is 8.40. The SMILES string of the molecule is CC1(C)CCCC1Nc1ccc([N+](=O)[O-])cc1N. The van der Waals surface area contributed by atoms with Gasteiger partial charge < -0.3 is 11.1 Å². The fourth-order valence-electron chi connectivity index (χ4n) is 2.58. The Morgan fingerprint density at radius 2 is 2.22 bits per heavy atom. The third kappa shape index (κ3) is 2.39. The Labute approximate surface area is 107 Å². The molecule has 1 saturated carbocycles. The molecule has 0 bridgehead atoms. The summed E-state index contributed by atoms with van der Waals surface area (Å²) < 4.78 is 0. The smallest absolute Gasteiger partial charge is 0.271 e. The van der Waals surface area contributed by atoms with Gasteiger partial charge in [0, 0.05) is 18.2 Å². The zero-order chi connectivity index (χ0) is 13.3. The molecule has 3 N–H and O–H groups in total. The predicted molar refractivity (Wildman–Crippen MR) is 72.6 cm³/mol. The van der Waals surface area contributed by atoms with Crippen LogP contribution in [-0.2, 0) is 0 Å².